The molecule has 154 valence electrons. The van der Waals surface area contributed by atoms with Crippen molar-refractivity contribution in [3.8, 4) is 11.7 Å². The summed E-state index contributed by atoms with van der Waals surface area (Å²) < 4.78 is 37.0. The summed E-state index contributed by atoms with van der Waals surface area (Å²) in [4.78, 5) is 8.49. The van der Waals surface area contributed by atoms with E-state index in [9.17, 15) is 8.42 Å². The van der Waals surface area contributed by atoms with Crippen molar-refractivity contribution >= 4 is 26.6 Å². The molecule has 11 heteroatoms. The smallest absolute Gasteiger partial charge is 0.265 e. The van der Waals surface area contributed by atoms with Crippen LogP contribution in [0.1, 0.15) is 24.3 Å². The summed E-state index contributed by atoms with van der Waals surface area (Å²) in [7, 11) is -0.808. The van der Waals surface area contributed by atoms with E-state index in [1.54, 1.807) is 30.3 Å². The number of anilines is 1. The zero-order valence-electron chi connectivity index (χ0n) is 16.3. The SMILES string of the molecule is COc1ncc2cnn(C)c2c1NS(=O)(=O)c1cnn(-c2cc(C3CC3)ccn2)c1. The first-order valence-corrected chi connectivity index (χ1v) is 10.8. The third-order valence-corrected chi connectivity index (χ3v) is 6.39. The summed E-state index contributed by atoms with van der Waals surface area (Å²) in [6.07, 6.45) is 9.97. The normalized spacial score (nSPS) is 14.2. The van der Waals surface area contributed by atoms with Gasteiger partial charge in [0.2, 0.25) is 5.88 Å². The molecule has 0 aromatic carbocycles. The molecule has 0 spiro atoms. The highest BCUT2D eigenvalue weighted by molar-refractivity contribution is 7.92. The first-order valence-electron chi connectivity index (χ1n) is 9.35. The van der Waals surface area contributed by atoms with Gasteiger partial charge in [-0.2, -0.15) is 10.2 Å². The first-order chi connectivity index (χ1) is 14.5. The predicted octanol–water partition coefficient (Wildman–Crippen LogP) is 2.24. The molecule has 10 nitrogen and oxygen atoms in total. The van der Waals surface area contributed by atoms with Crippen LogP contribution in [-0.2, 0) is 17.1 Å². The quantitative estimate of drug-likeness (QED) is 0.503. The molecule has 0 bridgehead atoms. The topological polar surface area (TPSA) is 117 Å². The third-order valence-electron chi connectivity index (χ3n) is 5.09. The van der Waals surface area contributed by atoms with E-state index >= 15 is 0 Å². The molecular weight excluding hydrogens is 406 g/mol. The highest BCUT2D eigenvalue weighted by Crippen LogP contribution is 2.40. The Hall–Kier alpha value is -3.47. The molecule has 4 aromatic heterocycles. The predicted molar refractivity (Wildman–Crippen MR) is 109 cm³/mol. The summed E-state index contributed by atoms with van der Waals surface area (Å²) in [6.45, 7) is 0. The average molecular weight is 425 g/mol. The molecule has 1 N–H and O–H groups in total. The van der Waals surface area contributed by atoms with Gasteiger partial charge in [-0.05, 0) is 36.5 Å². The Morgan fingerprint density at radius 2 is 2.00 bits per heavy atom. The largest absolute Gasteiger partial charge is 0.479 e. The number of methoxy groups -OCH3 is 1. The summed E-state index contributed by atoms with van der Waals surface area (Å²) >= 11 is 0. The van der Waals surface area contributed by atoms with Crippen molar-refractivity contribution in [1.82, 2.24) is 29.5 Å². The van der Waals surface area contributed by atoms with Gasteiger partial charge in [-0.1, -0.05) is 0 Å². The molecule has 1 saturated carbocycles. The highest BCUT2D eigenvalue weighted by atomic mass is 32.2. The fourth-order valence-corrected chi connectivity index (χ4v) is 4.38. The van der Waals surface area contributed by atoms with Crippen LogP contribution in [0.5, 0.6) is 5.88 Å². The van der Waals surface area contributed by atoms with Crippen molar-refractivity contribution in [2.24, 2.45) is 7.05 Å². The van der Waals surface area contributed by atoms with E-state index in [1.165, 1.54) is 42.6 Å². The number of nitrogens with one attached hydrogen (secondary N) is 1. The lowest BCUT2D eigenvalue weighted by Gasteiger charge is -2.12. The minimum absolute atomic E-state index is 0.00218. The molecule has 4 heterocycles. The van der Waals surface area contributed by atoms with E-state index in [2.05, 4.69) is 24.9 Å². The second kappa shape index (κ2) is 6.80. The van der Waals surface area contributed by atoms with Gasteiger partial charge in [0.05, 0.1) is 31.2 Å². The van der Waals surface area contributed by atoms with Gasteiger partial charge in [0.1, 0.15) is 10.6 Å². The Labute approximate surface area is 172 Å². The van der Waals surface area contributed by atoms with Gasteiger partial charge in [0, 0.05) is 24.8 Å². The van der Waals surface area contributed by atoms with Crippen molar-refractivity contribution in [1.29, 1.82) is 0 Å². The molecule has 0 radical (unpaired) electrons. The molecular formula is C19H19N7O3S. The Bertz CT molecular complexity index is 1360. The zero-order chi connectivity index (χ0) is 20.9. The lowest BCUT2D eigenvalue weighted by atomic mass is 10.2. The van der Waals surface area contributed by atoms with Gasteiger partial charge in [-0.3, -0.25) is 9.40 Å². The third kappa shape index (κ3) is 3.16. The molecule has 0 amide bonds. The molecule has 1 aliphatic carbocycles. The van der Waals surface area contributed by atoms with Crippen LogP contribution < -0.4 is 9.46 Å². The van der Waals surface area contributed by atoms with Gasteiger partial charge < -0.3 is 4.74 Å². The Kier molecular flexibility index (Phi) is 4.21. The molecule has 0 atom stereocenters. The number of fused-ring (bicyclic) bond motifs is 1. The van der Waals surface area contributed by atoms with Crippen LogP contribution >= 0.6 is 0 Å². The van der Waals surface area contributed by atoms with Crippen molar-refractivity contribution in [3.63, 3.8) is 0 Å². The second-order valence-corrected chi connectivity index (χ2v) is 8.84. The summed E-state index contributed by atoms with van der Waals surface area (Å²) in [6, 6.07) is 3.93. The second-order valence-electron chi connectivity index (χ2n) is 7.16. The molecule has 0 aliphatic heterocycles. The maximum atomic E-state index is 13.1. The standard InChI is InChI=1S/C19H19N7O3S/c1-25-18-14(9-22-25)8-21-19(29-2)17(18)24-30(27,28)15-10-23-26(11-15)16-7-13(5-6-20-16)12-3-4-12/h5-12,24H,3-4H2,1-2H3. The number of aryl methyl sites for hydroxylation is 1. The Balaban J connectivity index is 1.51. The average Bonchev–Trinajstić information content (AvgIpc) is 3.34. The summed E-state index contributed by atoms with van der Waals surface area (Å²) in [5.74, 6) is 1.29. The Morgan fingerprint density at radius 1 is 1.17 bits per heavy atom. The monoisotopic (exact) mass is 425 g/mol. The van der Waals surface area contributed by atoms with E-state index in [-0.39, 0.29) is 16.5 Å². The lowest BCUT2D eigenvalue weighted by Crippen LogP contribution is -2.14. The molecule has 4 aromatic rings. The number of pyridine rings is 2. The number of nitrogens with zero attached hydrogens (tertiary/aromatic N) is 6. The van der Waals surface area contributed by atoms with Gasteiger partial charge in [0.15, 0.2) is 5.82 Å². The van der Waals surface area contributed by atoms with E-state index in [0.717, 1.165) is 0 Å². The van der Waals surface area contributed by atoms with E-state index in [0.29, 0.717) is 22.6 Å². The van der Waals surface area contributed by atoms with E-state index in [4.69, 9.17) is 4.74 Å². The van der Waals surface area contributed by atoms with Crippen molar-refractivity contribution in [2.75, 3.05) is 11.8 Å². The minimum atomic E-state index is -3.96. The number of rotatable bonds is 6. The van der Waals surface area contributed by atoms with Crippen LogP contribution in [0.15, 0.2) is 48.0 Å². The highest BCUT2D eigenvalue weighted by Gasteiger charge is 2.25. The molecule has 1 fully saturated rings. The first kappa shape index (κ1) is 18.6. The number of hydrogen-bond acceptors (Lipinski definition) is 7. The Morgan fingerprint density at radius 3 is 2.77 bits per heavy atom. The molecule has 5 rings (SSSR count). The minimum Gasteiger partial charge on any atom is -0.479 e. The maximum Gasteiger partial charge on any atom is 0.265 e. The van der Waals surface area contributed by atoms with Gasteiger partial charge in [-0.15, -0.1) is 0 Å². The fourth-order valence-electron chi connectivity index (χ4n) is 3.39. The number of sulfonamides is 1. The van der Waals surface area contributed by atoms with Crippen LogP contribution in [0.25, 0.3) is 16.7 Å². The molecule has 1 aliphatic rings. The molecule has 0 saturated heterocycles. The van der Waals surface area contributed by atoms with Crippen molar-refractivity contribution in [3.05, 3.63) is 48.7 Å². The van der Waals surface area contributed by atoms with E-state index in [1.807, 2.05) is 12.1 Å². The zero-order valence-corrected chi connectivity index (χ0v) is 17.2. The van der Waals surface area contributed by atoms with Crippen molar-refractivity contribution in [2.45, 2.75) is 23.7 Å². The summed E-state index contributed by atoms with van der Waals surface area (Å²) in [5, 5.41) is 9.05. The lowest BCUT2D eigenvalue weighted by molar-refractivity contribution is 0.400. The number of ether oxygens (including phenoxy) is 1. The van der Waals surface area contributed by atoms with Crippen LogP contribution in [0.2, 0.25) is 0 Å². The van der Waals surface area contributed by atoms with Crippen LogP contribution in [-0.4, -0.2) is 45.1 Å². The molecule has 0 unspecified atom stereocenters. The molecule has 30 heavy (non-hydrogen) atoms. The van der Waals surface area contributed by atoms with Gasteiger partial charge in [0.25, 0.3) is 10.0 Å². The van der Waals surface area contributed by atoms with Crippen LogP contribution in [0, 0.1) is 0 Å². The van der Waals surface area contributed by atoms with Crippen LogP contribution in [0.3, 0.4) is 0 Å². The number of hydrogen-bond donors (Lipinski definition) is 1. The summed E-state index contributed by atoms with van der Waals surface area (Å²) in [5.41, 5.74) is 1.98. The van der Waals surface area contributed by atoms with Crippen molar-refractivity contribution < 1.29 is 13.2 Å². The van der Waals surface area contributed by atoms with Crippen LogP contribution in [0.4, 0.5) is 5.69 Å². The van der Waals surface area contributed by atoms with Gasteiger partial charge in [-0.25, -0.2) is 23.1 Å². The fraction of sp³-hybridized carbons (Fsp3) is 0.263. The maximum absolute atomic E-state index is 13.1. The number of aromatic nitrogens is 6. The van der Waals surface area contributed by atoms with Gasteiger partial charge >= 0.3 is 0 Å². The van der Waals surface area contributed by atoms with E-state index < -0.39 is 10.0 Å².